The van der Waals surface area contributed by atoms with E-state index in [-0.39, 0.29) is 0 Å². The maximum atomic E-state index is 4.02. The number of aromatic nitrogens is 6. The van der Waals surface area contributed by atoms with Gasteiger partial charge in [-0.3, -0.25) is 9.97 Å². The molecule has 22 heavy (non-hydrogen) atoms. The average molecular weight is 296 g/mol. The van der Waals surface area contributed by atoms with E-state index >= 15 is 0 Å². The van der Waals surface area contributed by atoms with Crippen LogP contribution in [0.5, 0.6) is 0 Å². The fraction of sp³-hybridized carbons (Fsp3) is 0.250. The summed E-state index contributed by atoms with van der Waals surface area (Å²) >= 11 is 0. The van der Waals surface area contributed by atoms with Gasteiger partial charge in [-0.25, -0.2) is 9.97 Å². The highest BCUT2D eigenvalue weighted by Crippen LogP contribution is 1.88. The molecule has 0 unspecified atom stereocenters. The van der Waals surface area contributed by atoms with Gasteiger partial charge in [-0.15, -0.1) is 0 Å². The van der Waals surface area contributed by atoms with Crippen LogP contribution in [-0.4, -0.2) is 30.1 Å². The van der Waals surface area contributed by atoms with Crippen molar-refractivity contribution in [2.24, 2.45) is 0 Å². The lowest BCUT2D eigenvalue weighted by Crippen LogP contribution is -1.84. The summed E-state index contributed by atoms with van der Waals surface area (Å²) in [6, 6.07) is 5.57. The van der Waals surface area contributed by atoms with Crippen molar-refractivity contribution in [2.45, 2.75) is 27.7 Å². The lowest BCUT2D eigenvalue weighted by molar-refractivity contribution is 0.980. The van der Waals surface area contributed by atoms with E-state index in [1.807, 2.05) is 39.8 Å². The second-order valence-electron chi connectivity index (χ2n) is 4.46. The Balaban J connectivity index is 0.000000166. The monoisotopic (exact) mass is 296 g/mol. The Bertz CT molecular complexity index is 567. The molecule has 0 aromatic carbocycles. The van der Waals surface area contributed by atoms with Crippen molar-refractivity contribution in [1.82, 2.24) is 30.1 Å². The van der Waals surface area contributed by atoms with Gasteiger partial charge in [0.25, 0.3) is 0 Å². The second kappa shape index (κ2) is 10.0. The number of nitrogens with zero attached hydrogens (tertiary/aromatic N) is 6. The van der Waals surface area contributed by atoms with Gasteiger partial charge in [0.1, 0.15) is 5.82 Å². The first-order chi connectivity index (χ1) is 10.6. The Morgan fingerprint density at radius 3 is 1.50 bits per heavy atom. The smallest absolute Gasteiger partial charge is 0.125 e. The van der Waals surface area contributed by atoms with Gasteiger partial charge in [0, 0.05) is 31.0 Å². The molecular weight excluding hydrogens is 276 g/mol. The van der Waals surface area contributed by atoms with Gasteiger partial charge >= 0.3 is 0 Å². The van der Waals surface area contributed by atoms with Crippen LogP contribution in [0.25, 0.3) is 0 Å². The number of hydrogen-bond donors (Lipinski definition) is 0. The van der Waals surface area contributed by atoms with E-state index in [4.69, 9.17) is 0 Å². The van der Waals surface area contributed by atoms with Crippen LogP contribution in [0.3, 0.4) is 0 Å². The van der Waals surface area contributed by atoms with Crippen LogP contribution in [-0.2, 0) is 0 Å². The van der Waals surface area contributed by atoms with E-state index in [2.05, 4.69) is 30.1 Å². The minimum atomic E-state index is 0.822. The molecule has 0 radical (unpaired) electrons. The highest BCUT2D eigenvalue weighted by molar-refractivity contribution is 4.97. The highest BCUT2D eigenvalue weighted by atomic mass is 15.1. The second-order valence-corrected chi connectivity index (χ2v) is 4.46. The first-order valence-electron chi connectivity index (χ1n) is 6.81. The van der Waals surface area contributed by atoms with E-state index < -0.39 is 0 Å². The zero-order valence-electron chi connectivity index (χ0n) is 13.3. The van der Waals surface area contributed by atoms with Gasteiger partial charge in [-0.05, 0) is 45.9 Å². The van der Waals surface area contributed by atoms with E-state index in [1.165, 1.54) is 0 Å². The molecule has 0 fully saturated rings. The predicted octanol–water partition coefficient (Wildman–Crippen LogP) is 2.66. The van der Waals surface area contributed by atoms with Crippen LogP contribution in [0.15, 0.2) is 49.2 Å². The summed E-state index contributed by atoms with van der Waals surface area (Å²) in [5, 5.41) is 7.36. The Hall–Kier alpha value is -2.76. The van der Waals surface area contributed by atoms with Crippen molar-refractivity contribution in [1.29, 1.82) is 0 Å². The summed E-state index contributed by atoms with van der Waals surface area (Å²) in [6.45, 7) is 7.62. The molecule has 3 aromatic heterocycles. The molecule has 0 saturated heterocycles. The summed E-state index contributed by atoms with van der Waals surface area (Å²) < 4.78 is 0. The zero-order chi connectivity index (χ0) is 16.2. The van der Waals surface area contributed by atoms with E-state index in [0.29, 0.717) is 0 Å². The predicted molar refractivity (Wildman–Crippen MR) is 85.0 cm³/mol. The molecule has 0 bridgehead atoms. The lowest BCUT2D eigenvalue weighted by atomic mass is 10.4. The number of rotatable bonds is 0. The van der Waals surface area contributed by atoms with Gasteiger partial charge in [0.05, 0.1) is 17.1 Å². The summed E-state index contributed by atoms with van der Waals surface area (Å²) in [7, 11) is 0. The molecule has 3 heterocycles. The zero-order valence-corrected chi connectivity index (χ0v) is 13.3. The molecule has 0 atom stereocenters. The molecule has 6 heteroatoms. The molecule has 0 amide bonds. The van der Waals surface area contributed by atoms with Crippen molar-refractivity contribution in [3.8, 4) is 0 Å². The topological polar surface area (TPSA) is 77.3 Å². The third-order valence-corrected chi connectivity index (χ3v) is 2.31. The van der Waals surface area contributed by atoms with E-state index in [9.17, 15) is 0 Å². The maximum Gasteiger partial charge on any atom is 0.125 e. The van der Waals surface area contributed by atoms with Crippen LogP contribution in [0.4, 0.5) is 0 Å². The first kappa shape index (κ1) is 17.3. The minimum Gasteiger partial charge on any atom is -0.258 e. The summed E-state index contributed by atoms with van der Waals surface area (Å²) in [6.07, 6.45) is 8.63. The molecule has 0 aliphatic carbocycles. The van der Waals surface area contributed by atoms with Gasteiger partial charge in [0.15, 0.2) is 0 Å². The Morgan fingerprint density at radius 1 is 0.636 bits per heavy atom. The van der Waals surface area contributed by atoms with E-state index in [1.54, 1.807) is 37.1 Å². The fourth-order valence-corrected chi connectivity index (χ4v) is 1.21. The van der Waals surface area contributed by atoms with Gasteiger partial charge in [-0.1, -0.05) is 0 Å². The summed E-state index contributed by atoms with van der Waals surface area (Å²) in [5.74, 6) is 0.822. The van der Waals surface area contributed by atoms with E-state index in [0.717, 1.165) is 22.9 Å². The van der Waals surface area contributed by atoms with Crippen LogP contribution in [0, 0.1) is 27.7 Å². The number of aryl methyl sites for hydroxylation is 4. The minimum absolute atomic E-state index is 0.822. The first-order valence-corrected chi connectivity index (χ1v) is 6.81. The van der Waals surface area contributed by atoms with Gasteiger partial charge < -0.3 is 0 Å². The highest BCUT2D eigenvalue weighted by Gasteiger charge is 1.82. The van der Waals surface area contributed by atoms with Crippen molar-refractivity contribution in [3.63, 3.8) is 0 Å². The average Bonchev–Trinajstić information content (AvgIpc) is 2.53. The normalized spacial score (nSPS) is 8.91. The lowest BCUT2D eigenvalue weighted by Gasteiger charge is -1.88. The molecule has 0 saturated carbocycles. The SMILES string of the molecule is Cc1cccnn1.Cc1cnc(C)cn1.Cc1ncccn1. The third kappa shape index (κ3) is 8.42. The van der Waals surface area contributed by atoms with Crippen LogP contribution in [0.1, 0.15) is 22.9 Å². The van der Waals surface area contributed by atoms with Crippen LogP contribution in [0.2, 0.25) is 0 Å². The van der Waals surface area contributed by atoms with Crippen LogP contribution < -0.4 is 0 Å². The van der Waals surface area contributed by atoms with Gasteiger partial charge in [-0.2, -0.15) is 10.2 Å². The quantitative estimate of drug-likeness (QED) is 0.634. The molecule has 0 spiro atoms. The Kier molecular flexibility index (Phi) is 7.89. The Morgan fingerprint density at radius 2 is 1.23 bits per heavy atom. The standard InChI is InChI=1S/C6H8N2.2C5H6N2/c1-5-3-8-6(2)4-7-5;1-5-6-3-2-4-7-5;1-5-3-2-4-6-7-5/h3-4H,1-2H3;2*2-4H,1H3. The molecule has 6 nitrogen and oxygen atoms in total. The van der Waals surface area contributed by atoms with Crippen molar-refractivity contribution >= 4 is 0 Å². The van der Waals surface area contributed by atoms with Gasteiger partial charge in [0.2, 0.25) is 0 Å². The summed E-state index contributed by atoms with van der Waals surface area (Å²) in [4.78, 5) is 15.8. The molecule has 114 valence electrons. The molecule has 3 aromatic rings. The van der Waals surface area contributed by atoms with Crippen molar-refractivity contribution < 1.29 is 0 Å². The summed E-state index contributed by atoms with van der Waals surface area (Å²) in [5.41, 5.74) is 2.90. The third-order valence-electron chi connectivity index (χ3n) is 2.31. The molecule has 0 N–H and O–H groups in total. The largest absolute Gasteiger partial charge is 0.258 e. The Labute approximate surface area is 130 Å². The molecule has 0 aliphatic heterocycles. The molecule has 3 rings (SSSR count). The fourth-order valence-electron chi connectivity index (χ4n) is 1.21. The molecule has 0 aliphatic rings. The number of hydrogen-bond acceptors (Lipinski definition) is 6. The maximum absolute atomic E-state index is 4.02. The van der Waals surface area contributed by atoms with Crippen molar-refractivity contribution in [3.05, 3.63) is 72.1 Å². The van der Waals surface area contributed by atoms with Crippen molar-refractivity contribution in [2.75, 3.05) is 0 Å². The van der Waals surface area contributed by atoms with Crippen LogP contribution >= 0.6 is 0 Å². The molecular formula is C16H20N6.